The molecule has 0 radical (unpaired) electrons. The second-order valence-corrected chi connectivity index (χ2v) is 9.36. The molecule has 0 bridgehead atoms. The average Bonchev–Trinajstić information content (AvgIpc) is 3.24. The normalized spacial score (nSPS) is 12.8. The molecule has 0 aromatic heterocycles. The van der Waals surface area contributed by atoms with E-state index in [1.165, 1.54) is 28.6 Å². The van der Waals surface area contributed by atoms with Crippen LogP contribution in [-0.2, 0) is 26.0 Å². The quantitative estimate of drug-likeness (QED) is 0.552. The Hall–Kier alpha value is -3.36. The Morgan fingerprint density at radius 2 is 1.75 bits per heavy atom. The summed E-state index contributed by atoms with van der Waals surface area (Å²) >= 11 is 5.99. The summed E-state index contributed by atoms with van der Waals surface area (Å²) in [6.07, 6.45) is 0.623. The number of nitrogens with one attached hydrogen (secondary N) is 1. The van der Waals surface area contributed by atoms with Gasteiger partial charge in [-0.15, -0.1) is 0 Å². The van der Waals surface area contributed by atoms with Crippen molar-refractivity contribution in [3.8, 4) is 0 Å². The minimum Gasteiger partial charge on any atom is -0.452 e. The van der Waals surface area contributed by atoms with Crippen LogP contribution in [0.3, 0.4) is 0 Å². The van der Waals surface area contributed by atoms with Gasteiger partial charge >= 0.3 is 5.97 Å². The first-order chi connectivity index (χ1) is 15.4. The van der Waals surface area contributed by atoms with E-state index in [1.54, 1.807) is 36.4 Å². The van der Waals surface area contributed by atoms with E-state index in [4.69, 9.17) is 16.3 Å². The maximum Gasteiger partial charge on any atom is 0.338 e. The molecular formula is C23H19ClN2O5S. The van der Waals surface area contributed by atoms with Crippen LogP contribution in [0.2, 0.25) is 5.02 Å². The van der Waals surface area contributed by atoms with E-state index < -0.39 is 28.5 Å². The first kappa shape index (κ1) is 21.9. The van der Waals surface area contributed by atoms with E-state index in [1.807, 2.05) is 12.1 Å². The highest BCUT2D eigenvalue weighted by Crippen LogP contribution is 2.32. The number of esters is 1. The van der Waals surface area contributed by atoms with E-state index in [9.17, 15) is 18.0 Å². The second-order valence-electron chi connectivity index (χ2n) is 7.09. The number of hydrogen-bond acceptors (Lipinski definition) is 5. The van der Waals surface area contributed by atoms with E-state index in [2.05, 4.69) is 5.32 Å². The van der Waals surface area contributed by atoms with Crippen LogP contribution in [0.25, 0.3) is 0 Å². The van der Waals surface area contributed by atoms with Crippen molar-refractivity contribution < 1.29 is 22.7 Å². The summed E-state index contributed by atoms with van der Waals surface area (Å²) in [5.74, 6) is -1.37. The molecule has 0 saturated heterocycles. The van der Waals surface area contributed by atoms with Crippen molar-refractivity contribution in [3.63, 3.8) is 0 Å². The molecule has 1 aliphatic heterocycles. The lowest BCUT2D eigenvalue weighted by molar-refractivity contribution is -0.119. The lowest BCUT2D eigenvalue weighted by Gasteiger charge is -2.19. The van der Waals surface area contributed by atoms with Crippen LogP contribution in [0.15, 0.2) is 77.7 Å². The number of carbonyl (C=O) groups excluding carboxylic acids is 2. The molecule has 0 saturated carbocycles. The molecule has 0 atom stereocenters. The number of rotatable bonds is 6. The highest BCUT2D eigenvalue weighted by Gasteiger charge is 2.31. The Balaban J connectivity index is 1.45. The molecular weight excluding hydrogens is 452 g/mol. The number of nitrogens with zero attached hydrogens (tertiary/aromatic N) is 1. The van der Waals surface area contributed by atoms with Gasteiger partial charge in [-0.1, -0.05) is 48.0 Å². The first-order valence-electron chi connectivity index (χ1n) is 9.78. The standard InChI is InChI=1S/C23H19ClN2O5S/c24-19-9-2-3-10-20(19)25-22(27)15-31-23(28)17-7-5-8-18(14-17)32(29,30)26-13-12-16-6-1-4-11-21(16)26/h1-11,14H,12-13,15H2,(H,25,27). The van der Waals surface area contributed by atoms with Crippen molar-refractivity contribution in [2.24, 2.45) is 0 Å². The molecule has 1 aliphatic rings. The molecule has 1 heterocycles. The van der Waals surface area contributed by atoms with Crippen molar-refractivity contribution in [1.82, 2.24) is 0 Å². The number of amides is 1. The maximum atomic E-state index is 13.2. The molecule has 7 nitrogen and oxygen atoms in total. The topological polar surface area (TPSA) is 92.8 Å². The monoisotopic (exact) mass is 470 g/mol. The molecule has 9 heteroatoms. The third-order valence-corrected chi connectivity index (χ3v) is 7.12. The summed E-state index contributed by atoms with van der Waals surface area (Å²) in [6, 6.07) is 19.6. The van der Waals surface area contributed by atoms with Crippen molar-refractivity contribution in [2.75, 3.05) is 22.8 Å². The number of benzene rings is 3. The summed E-state index contributed by atoms with van der Waals surface area (Å²) in [5, 5.41) is 2.90. The number of anilines is 2. The Labute approximate surface area is 190 Å². The van der Waals surface area contributed by atoms with E-state index in [0.29, 0.717) is 29.4 Å². The number of hydrogen-bond donors (Lipinski definition) is 1. The zero-order valence-corrected chi connectivity index (χ0v) is 18.4. The summed E-state index contributed by atoms with van der Waals surface area (Å²) in [5.41, 5.74) is 2.02. The lowest BCUT2D eigenvalue weighted by atomic mass is 10.2. The van der Waals surface area contributed by atoms with Gasteiger partial charge in [-0.3, -0.25) is 9.10 Å². The van der Waals surface area contributed by atoms with Gasteiger partial charge in [-0.05, 0) is 48.4 Å². The molecule has 0 aliphatic carbocycles. The Morgan fingerprint density at radius 1 is 1.00 bits per heavy atom. The number of halogens is 1. The molecule has 164 valence electrons. The zero-order chi connectivity index (χ0) is 22.7. The summed E-state index contributed by atoms with van der Waals surface area (Å²) in [7, 11) is -3.85. The summed E-state index contributed by atoms with van der Waals surface area (Å²) in [6.45, 7) is -0.209. The number of carbonyl (C=O) groups is 2. The van der Waals surface area contributed by atoms with Crippen LogP contribution in [0.5, 0.6) is 0 Å². The molecule has 0 fully saturated rings. The van der Waals surface area contributed by atoms with Gasteiger partial charge in [-0.2, -0.15) is 0 Å². The van der Waals surface area contributed by atoms with Crippen LogP contribution < -0.4 is 9.62 Å². The van der Waals surface area contributed by atoms with Gasteiger partial charge in [0.05, 0.1) is 26.9 Å². The average molecular weight is 471 g/mol. The maximum absolute atomic E-state index is 13.2. The highest BCUT2D eigenvalue weighted by molar-refractivity contribution is 7.92. The molecule has 3 aromatic carbocycles. The molecule has 4 rings (SSSR count). The van der Waals surface area contributed by atoms with Crippen LogP contribution in [0, 0.1) is 0 Å². The predicted molar refractivity (Wildman–Crippen MR) is 121 cm³/mol. The molecule has 1 amide bonds. The third-order valence-electron chi connectivity index (χ3n) is 4.98. The number of sulfonamides is 1. The minimum absolute atomic E-state index is 0.0239. The summed E-state index contributed by atoms with van der Waals surface area (Å²) in [4.78, 5) is 24.5. The SMILES string of the molecule is O=C(COC(=O)c1cccc(S(=O)(=O)N2CCc3ccccc32)c1)Nc1ccccc1Cl. The van der Waals surface area contributed by atoms with Gasteiger partial charge < -0.3 is 10.1 Å². The molecule has 1 N–H and O–H groups in total. The fourth-order valence-corrected chi connectivity index (χ4v) is 5.16. The van der Waals surface area contributed by atoms with E-state index in [0.717, 1.165) is 5.56 Å². The Bertz CT molecular complexity index is 1290. The van der Waals surface area contributed by atoms with Crippen LogP contribution in [-0.4, -0.2) is 33.4 Å². The van der Waals surface area contributed by atoms with E-state index in [-0.39, 0.29) is 10.5 Å². The Kier molecular flexibility index (Phi) is 6.16. The van der Waals surface area contributed by atoms with Gasteiger partial charge in [0.2, 0.25) is 0 Å². The van der Waals surface area contributed by atoms with Crippen LogP contribution in [0.4, 0.5) is 11.4 Å². The predicted octanol–water partition coefficient (Wildman–Crippen LogP) is 3.89. The molecule has 3 aromatic rings. The molecule has 0 spiro atoms. The zero-order valence-electron chi connectivity index (χ0n) is 16.8. The largest absolute Gasteiger partial charge is 0.452 e. The Morgan fingerprint density at radius 3 is 2.56 bits per heavy atom. The van der Waals surface area contributed by atoms with Crippen LogP contribution >= 0.6 is 11.6 Å². The molecule has 32 heavy (non-hydrogen) atoms. The number of ether oxygens (including phenoxy) is 1. The number of para-hydroxylation sites is 2. The molecule has 0 unspecified atom stereocenters. The van der Waals surface area contributed by atoms with Gasteiger partial charge in [0, 0.05) is 6.54 Å². The summed E-state index contributed by atoms with van der Waals surface area (Å²) < 4.78 is 32.7. The first-order valence-corrected chi connectivity index (χ1v) is 11.6. The smallest absolute Gasteiger partial charge is 0.338 e. The minimum atomic E-state index is -3.85. The van der Waals surface area contributed by atoms with Crippen molar-refractivity contribution in [3.05, 3.63) is 88.9 Å². The highest BCUT2D eigenvalue weighted by atomic mass is 35.5. The fraction of sp³-hybridized carbons (Fsp3) is 0.130. The lowest BCUT2D eigenvalue weighted by Crippen LogP contribution is -2.29. The number of fused-ring (bicyclic) bond motifs is 1. The van der Waals surface area contributed by atoms with Crippen molar-refractivity contribution in [2.45, 2.75) is 11.3 Å². The van der Waals surface area contributed by atoms with Gasteiger partial charge in [-0.25, -0.2) is 13.2 Å². The van der Waals surface area contributed by atoms with E-state index >= 15 is 0 Å². The van der Waals surface area contributed by atoms with Gasteiger partial charge in [0.25, 0.3) is 15.9 Å². The van der Waals surface area contributed by atoms with Gasteiger partial charge in [0.1, 0.15) is 0 Å². The third kappa shape index (κ3) is 4.46. The van der Waals surface area contributed by atoms with Crippen LogP contribution in [0.1, 0.15) is 15.9 Å². The van der Waals surface area contributed by atoms with Crippen molar-refractivity contribution in [1.29, 1.82) is 0 Å². The van der Waals surface area contributed by atoms with Crippen molar-refractivity contribution >= 4 is 44.9 Å². The van der Waals surface area contributed by atoms with Gasteiger partial charge in [0.15, 0.2) is 6.61 Å². The fourth-order valence-electron chi connectivity index (χ4n) is 3.43. The second kappa shape index (κ2) is 9.02.